The number of nitrogens with one attached hydrogen (secondary N) is 1. The molecule has 0 bridgehead atoms. The Labute approximate surface area is 98.4 Å². The number of halogens is 2. The highest BCUT2D eigenvalue weighted by Crippen LogP contribution is 2.19. The average molecular weight is 246 g/mol. The Morgan fingerprint density at radius 1 is 1.69 bits per heavy atom. The summed E-state index contributed by atoms with van der Waals surface area (Å²) in [7, 11) is 1.53. The van der Waals surface area contributed by atoms with Crippen molar-refractivity contribution in [2.45, 2.75) is 6.92 Å². The van der Waals surface area contributed by atoms with Crippen molar-refractivity contribution in [3.05, 3.63) is 23.1 Å². The molecule has 0 unspecified atom stereocenters. The fourth-order valence-electron chi connectivity index (χ4n) is 1.23. The number of hydrogen-bond acceptors (Lipinski definition) is 3. The first-order valence-corrected chi connectivity index (χ1v) is 5.22. The highest BCUT2D eigenvalue weighted by atomic mass is 35.5. The molecule has 0 saturated heterocycles. The van der Waals surface area contributed by atoms with E-state index >= 15 is 0 Å². The van der Waals surface area contributed by atoms with E-state index in [2.05, 4.69) is 10.3 Å². The van der Waals surface area contributed by atoms with E-state index in [0.717, 1.165) is 0 Å². The van der Waals surface area contributed by atoms with Gasteiger partial charge in [-0.05, 0) is 13.0 Å². The van der Waals surface area contributed by atoms with Gasteiger partial charge in [0, 0.05) is 19.8 Å². The van der Waals surface area contributed by atoms with Gasteiger partial charge in [-0.25, -0.2) is 9.37 Å². The van der Waals surface area contributed by atoms with Crippen molar-refractivity contribution >= 4 is 23.3 Å². The zero-order chi connectivity index (χ0) is 12.1. The van der Waals surface area contributed by atoms with E-state index < -0.39 is 5.82 Å². The number of nitrogens with zero attached hydrogens (tertiary/aromatic N) is 2. The molecule has 1 aromatic heterocycles. The summed E-state index contributed by atoms with van der Waals surface area (Å²) >= 11 is 5.60. The molecule has 88 valence electrons. The normalized spacial score (nSPS) is 10.0. The number of hydrogen-bond donors (Lipinski definition) is 1. The fraction of sp³-hybridized carbons (Fsp3) is 0.400. The van der Waals surface area contributed by atoms with Gasteiger partial charge < -0.3 is 10.2 Å². The molecule has 0 radical (unpaired) electrons. The van der Waals surface area contributed by atoms with Crippen LogP contribution in [0.4, 0.5) is 10.2 Å². The molecule has 1 heterocycles. The van der Waals surface area contributed by atoms with Gasteiger partial charge in [0.1, 0.15) is 0 Å². The minimum atomic E-state index is -0.529. The van der Waals surface area contributed by atoms with Crippen LogP contribution in [0.3, 0.4) is 0 Å². The van der Waals surface area contributed by atoms with Crippen LogP contribution in [0.5, 0.6) is 0 Å². The Morgan fingerprint density at radius 3 is 2.88 bits per heavy atom. The van der Waals surface area contributed by atoms with Crippen molar-refractivity contribution < 1.29 is 9.18 Å². The molecule has 6 heteroatoms. The van der Waals surface area contributed by atoms with Crippen LogP contribution in [0, 0.1) is 5.82 Å². The summed E-state index contributed by atoms with van der Waals surface area (Å²) in [6.45, 7) is 2.37. The Kier molecular flexibility index (Phi) is 4.49. The topological polar surface area (TPSA) is 45.2 Å². The van der Waals surface area contributed by atoms with Crippen molar-refractivity contribution in [2.24, 2.45) is 0 Å². The SMILES string of the molecule is CCN(CC(=O)NC)c1ncc(Cl)cc1F. The van der Waals surface area contributed by atoms with E-state index in [9.17, 15) is 9.18 Å². The maximum Gasteiger partial charge on any atom is 0.239 e. The molecule has 0 atom stereocenters. The van der Waals surface area contributed by atoms with Crippen LogP contribution < -0.4 is 10.2 Å². The van der Waals surface area contributed by atoms with Crippen molar-refractivity contribution in [1.29, 1.82) is 0 Å². The number of likely N-dealkylation sites (N-methyl/N-ethyl adjacent to an activating group) is 2. The third-order valence-corrected chi connectivity index (χ3v) is 2.29. The van der Waals surface area contributed by atoms with Gasteiger partial charge in [0.2, 0.25) is 5.91 Å². The van der Waals surface area contributed by atoms with Gasteiger partial charge in [-0.2, -0.15) is 0 Å². The number of rotatable bonds is 4. The second kappa shape index (κ2) is 5.65. The zero-order valence-electron chi connectivity index (χ0n) is 9.13. The van der Waals surface area contributed by atoms with Crippen LogP contribution in [0.2, 0.25) is 5.02 Å². The fourth-order valence-corrected chi connectivity index (χ4v) is 1.37. The first-order valence-electron chi connectivity index (χ1n) is 4.85. The molecule has 0 saturated carbocycles. The van der Waals surface area contributed by atoms with Gasteiger partial charge in [0.25, 0.3) is 0 Å². The van der Waals surface area contributed by atoms with Crippen LogP contribution in [0.1, 0.15) is 6.92 Å². The number of anilines is 1. The quantitative estimate of drug-likeness (QED) is 0.873. The molecule has 0 aliphatic carbocycles. The summed E-state index contributed by atoms with van der Waals surface area (Å²) in [5.74, 6) is -0.591. The Hall–Kier alpha value is -1.36. The number of aromatic nitrogens is 1. The van der Waals surface area contributed by atoms with E-state index in [1.54, 1.807) is 0 Å². The number of carbonyl (C=O) groups excluding carboxylic acids is 1. The Bertz CT molecular complexity index is 386. The number of pyridine rings is 1. The van der Waals surface area contributed by atoms with Crippen molar-refractivity contribution in [3.8, 4) is 0 Å². The monoisotopic (exact) mass is 245 g/mol. The van der Waals surface area contributed by atoms with E-state index in [0.29, 0.717) is 6.54 Å². The first-order chi connectivity index (χ1) is 7.58. The molecule has 1 N–H and O–H groups in total. The van der Waals surface area contributed by atoms with Gasteiger partial charge in [0.05, 0.1) is 11.6 Å². The molecule has 0 spiro atoms. The predicted molar refractivity (Wildman–Crippen MR) is 61.2 cm³/mol. The van der Waals surface area contributed by atoms with Gasteiger partial charge in [0.15, 0.2) is 11.6 Å². The molecule has 0 aromatic carbocycles. The van der Waals surface area contributed by atoms with Crippen LogP contribution in [0.25, 0.3) is 0 Å². The van der Waals surface area contributed by atoms with Crippen LogP contribution in [0.15, 0.2) is 12.3 Å². The van der Waals surface area contributed by atoms with Crippen molar-refractivity contribution in [3.63, 3.8) is 0 Å². The maximum atomic E-state index is 13.5. The van der Waals surface area contributed by atoms with Gasteiger partial charge in [-0.1, -0.05) is 11.6 Å². The molecule has 1 amide bonds. The molecule has 0 aliphatic rings. The minimum absolute atomic E-state index is 0.0680. The maximum absolute atomic E-state index is 13.5. The van der Waals surface area contributed by atoms with E-state index in [1.807, 2.05) is 6.92 Å². The summed E-state index contributed by atoms with van der Waals surface area (Å²) < 4.78 is 13.5. The summed E-state index contributed by atoms with van der Waals surface area (Å²) in [5, 5.41) is 2.71. The lowest BCUT2D eigenvalue weighted by Crippen LogP contribution is -2.36. The molecule has 0 aliphatic heterocycles. The summed E-state index contributed by atoms with van der Waals surface area (Å²) in [6, 6.07) is 1.18. The van der Waals surface area contributed by atoms with Crippen molar-refractivity contribution in [2.75, 3.05) is 25.0 Å². The summed E-state index contributed by atoms with van der Waals surface area (Å²) in [5.41, 5.74) is 0. The lowest BCUT2D eigenvalue weighted by molar-refractivity contribution is -0.119. The summed E-state index contributed by atoms with van der Waals surface area (Å²) in [6.07, 6.45) is 1.35. The second-order valence-electron chi connectivity index (χ2n) is 3.15. The highest BCUT2D eigenvalue weighted by molar-refractivity contribution is 6.30. The highest BCUT2D eigenvalue weighted by Gasteiger charge is 2.14. The smallest absolute Gasteiger partial charge is 0.239 e. The molecule has 16 heavy (non-hydrogen) atoms. The van der Waals surface area contributed by atoms with E-state index in [1.165, 1.54) is 24.2 Å². The zero-order valence-corrected chi connectivity index (χ0v) is 9.88. The largest absolute Gasteiger partial charge is 0.358 e. The molecular weight excluding hydrogens is 233 g/mol. The van der Waals surface area contributed by atoms with Crippen molar-refractivity contribution in [1.82, 2.24) is 10.3 Å². The molecule has 4 nitrogen and oxygen atoms in total. The molecule has 1 aromatic rings. The predicted octanol–water partition coefficient (Wildman–Crippen LogP) is 1.45. The number of carbonyl (C=O) groups is 1. The second-order valence-corrected chi connectivity index (χ2v) is 3.58. The molecular formula is C10H13ClFN3O. The lowest BCUT2D eigenvalue weighted by atomic mass is 10.3. The first kappa shape index (κ1) is 12.7. The van der Waals surface area contributed by atoms with Crippen LogP contribution >= 0.6 is 11.6 Å². The average Bonchev–Trinajstić information content (AvgIpc) is 2.26. The lowest BCUT2D eigenvalue weighted by Gasteiger charge is -2.21. The standard InChI is InChI=1S/C10H13ClFN3O/c1-3-15(6-9(16)13-2)10-8(12)4-7(11)5-14-10/h4-5H,3,6H2,1-2H3,(H,13,16). The van der Waals surface area contributed by atoms with Gasteiger partial charge in [-0.15, -0.1) is 0 Å². The van der Waals surface area contributed by atoms with Gasteiger partial charge >= 0.3 is 0 Å². The Morgan fingerprint density at radius 2 is 2.38 bits per heavy atom. The summed E-state index contributed by atoms with van der Waals surface area (Å²) in [4.78, 5) is 16.6. The molecule has 1 rings (SSSR count). The molecule has 0 fully saturated rings. The van der Waals surface area contributed by atoms with E-state index in [-0.39, 0.29) is 23.3 Å². The van der Waals surface area contributed by atoms with Crippen LogP contribution in [-0.4, -0.2) is 31.0 Å². The third-order valence-electron chi connectivity index (χ3n) is 2.08. The minimum Gasteiger partial charge on any atom is -0.358 e. The van der Waals surface area contributed by atoms with Crippen LogP contribution in [-0.2, 0) is 4.79 Å². The third kappa shape index (κ3) is 3.06. The van der Waals surface area contributed by atoms with E-state index in [4.69, 9.17) is 11.6 Å². The number of amides is 1. The Balaban J connectivity index is 2.90. The van der Waals surface area contributed by atoms with Gasteiger partial charge in [-0.3, -0.25) is 4.79 Å².